The van der Waals surface area contributed by atoms with Gasteiger partial charge in [-0.3, -0.25) is 5.32 Å². The fraction of sp³-hybridized carbons (Fsp3) is 0.478. The van der Waals surface area contributed by atoms with E-state index in [1.54, 1.807) is 0 Å². The van der Waals surface area contributed by atoms with E-state index in [0.29, 0.717) is 11.8 Å². The molecule has 0 bridgehead atoms. The maximum Gasteiger partial charge on any atom is 0.0718 e. The van der Waals surface area contributed by atoms with E-state index in [2.05, 4.69) is 84.8 Å². The lowest BCUT2D eigenvalue weighted by Gasteiger charge is -2.35. The van der Waals surface area contributed by atoms with E-state index in [-0.39, 0.29) is 18.2 Å². The number of rotatable bonds is 5. The van der Waals surface area contributed by atoms with Gasteiger partial charge in [0.2, 0.25) is 0 Å². The Morgan fingerprint density at radius 2 is 1.89 bits per heavy atom. The highest BCUT2D eigenvalue weighted by atomic mass is 16.3. The maximum absolute atomic E-state index is 10.6. The van der Waals surface area contributed by atoms with Crippen molar-refractivity contribution < 1.29 is 5.11 Å². The Hall–Kier alpha value is -1.72. The average Bonchev–Trinajstić information content (AvgIpc) is 3.18. The van der Waals surface area contributed by atoms with Crippen LogP contribution in [0.25, 0.3) is 0 Å². The maximum atomic E-state index is 10.6. The molecule has 0 aliphatic carbocycles. The minimum absolute atomic E-state index is 0.125. The molecular formula is C23H31N3O. The number of aliphatic hydroxyl groups is 1. The van der Waals surface area contributed by atoms with Gasteiger partial charge in [-0.1, -0.05) is 54.6 Å². The number of aliphatic hydroxyl groups excluding tert-OH is 1. The van der Waals surface area contributed by atoms with Crippen LogP contribution in [0, 0.1) is 11.8 Å². The second-order valence-electron chi connectivity index (χ2n) is 8.59. The highest BCUT2D eigenvalue weighted by Crippen LogP contribution is 2.51. The van der Waals surface area contributed by atoms with Crippen LogP contribution in [0.15, 0.2) is 54.6 Å². The molecule has 0 amide bonds. The lowest BCUT2D eigenvalue weighted by molar-refractivity contribution is 0.129. The third-order valence-corrected chi connectivity index (χ3v) is 6.37. The number of fused-ring (bicyclic) bond motifs is 1. The molecule has 0 aromatic heterocycles. The summed E-state index contributed by atoms with van der Waals surface area (Å²) < 4.78 is 0. The van der Waals surface area contributed by atoms with Crippen molar-refractivity contribution in [2.75, 3.05) is 40.8 Å². The summed E-state index contributed by atoms with van der Waals surface area (Å²) in [6.45, 7) is 3.15. The minimum atomic E-state index is -0.376. The molecule has 0 unspecified atom stereocenters. The molecule has 4 atom stereocenters. The summed E-state index contributed by atoms with van der Waals surface area (Å²) in [6, 6.07) is 19.7. The predicted octanol–water partition coefficient (Wildman–Crippen LogP) is 2.46. The van der Waals surface area contributed by atoms with E-state index in [0.717, 1.165) is 19.6 Å². The molecule has 4 heteroatoms. The van der Waals surface area contributed by atoms with E-state index < -0.39 is 0 Å². The standard InChI is InChI=1S/C23H31N3O/c1-25(2)13-17-8-7-9-18(12-17)22-20-14-26(3)15-21(20)23(16-27,24-22)19-10-5-4-6-11-19/h4-12,20-22,24,27H,13-16H2,1-3H3/t20-,21+,22-,23-/m0/s1. The van der Waals surface area contributed by atoms with E-state index in [4.69, 9.17) is 0 Å². The van der Waals surface area contributed by atoms with Crippen molar-refractivity contribution in [2.45, 2.75) is 18.1 Å². The van der Waals surface area contributed by atoms with Gasteiger partial charge in [-0.05, 0) is 43.8 Å². The third-order valence-electron chi connectivity index (χ3n) is 6.37. The third kappa shape index (κ3) is 3.32. The number of likely N-dealkylation sites (tertiary alicyclic amines) is 1. The van der Waals surface area contributed by atoms with Crippen molar-refractivity contribution in [3.63, 3.8) is 0 Å². The number of benzene rings is 2. The Morgan fingerprint density at radius 3 is 2.59 bits per heavy atom. The molecule has 2 aromatic rings. The van der Waals surface area contributed by atoms with Crippen molar-refractivity contribution in [1.82, 2.24) is 15.1 Å². The predicted molar refractivity (Wildman–Crippen MR) is 109 cm³/mol. The molecule has 4 nitrogen and oxygen atoms in total. The molecule has 144 valence electrons. The Morgan fingerprint density at radius 1 is 1.11 bits per heavy atom. The van der Waals surface area contributed by atoms with Crippen molar-refractivity contribution in [2.24, 2.45) is 11.8 Å². The monoisotopic (exact) mass is 365 g/mol. The molecule has 2 aromatic carbocycles. The summed E-state index contributed by atoms with van der Waals surface area (Å²) in [6.07, 6.45) is 0. The second kappa shape index (κ2) is 7.36. The highest BCUT2D eigenvalue weighted by molar-refractivity contribution is 5.35. The molecule has 2 N–H and O–H groups in total. The van der Waals surface area contributed by atoms with E-state index in [1.807, 2.05) is 6.07 Å². The molecule has 2 saturated heterocycles. The zero-order chi connectivity index (χ0) is 19.0. The first kappa shape index (κ1) is 18.6. The molecule has 27 heavy (non-hydrogen) atoms. The molecule has 0 saturated carbocycles. The van der Waals surface area contributed by atoms with E-state index in [9.17, 15) is 5.11 Å². The van der Waals surface area contributed by atoms with Gasteiger partial charge in [0.25, 0.3) is 0 Å². The fourth-order valence-electron chi connectivity index (χ4n) is 5.25. The summed E-state index contributed by atoms with van der Waals surface area (Å²) in [5, 5.41) is 14.5. The molecular weight excluding hydrogens is 334 g/mol. The Bertz CT molecular complexity index is 778. The van der Waals surface area contributed by atoms with Crippen LogP contribution in [-0.4, -0.2) is 55.7 Å². The summed E-state index contributed by atoms with van der Waals surface area (Å²) in [4.78, 5) is 4.62. The van der Waals surface area contributed by atoms with Gasteiger partial charge in [0.1, 0.15) is 0 Å². The normalized spacial score (nSPS) is 30.8. The second-order valence-corrected chi connectivity index (χ2v) is 8.59. The van der Waals surface area contributed by atoms with Crippen LogP contribution in [0.1, 0.15) is 22.7 Å². The first-order chi connectivity index (χ1) is 13.0. The topological polar surface area (TPSA) is 38.7 Å². The smallest absolute Gasteiger partial charge is 0.0718 e. The Kier molecular flexibility index (Phi) is 5.08. The quantitative estimate of drug-likeness (QED) is 0.854. The number of hydrogen-bond acceptors (Lipinski definition) is 4. The fourth-order valence-corrected chi connectivity index (χ4v) is 5.25. The van der Waals surface area contributed by atoms with Crippen molar-refractivity contribution in [3.05, 3.63) is 71.3 Å². The molecule has 4 rings (SSSR count). The van der Waals surface area contributed by atoms with E-state index in [1.165, 1.54) is 16.7 Å². The zero-order valence-corrected chi connectivity index (χ0v) is 16.6. The van der Waals surface area contributed by atoms with Crippen LogP contribution in [0.5, 0.6) is 0 Å². The molecule has 2 aliphatic heterocycles. The average molecular weight is 366 g/mol. The Labute approximate surface area is 162 Å². The molecule has 0 radical (unpaired) electrons. The van der Waals surface area contributed by atoms with Crippen molar-refractivity contribution in [3.8, 4) is 0 Å². The van der Waals surface area contributed by atoms with Crippen molar-refractivity contribution >= 4 is 0 Å². The van der Waals surface area contributed by atoms with Gasteiger partial charge < -0.3 is 14.9 Å². The first-order valence-corrected chi connectivity index (χ1v) is 9.89. The van der Waals surface area contributed by atoms with Gasteiger partial charge in [0, 0.05) is 31.6 Å². The van der Waals surface area contributed by atoms with Crippen LogP contribution in [0.2, 0.25) is 0 Å². The molecule has 0 spiro atoms. The molecule has 2 fully saturated rings. The van der Waals surface area contributed by atoms with Crippen LogP contribution in [0.4, 0.5) is 0 Å². The number of nitrogens with zero attached hydrogens (tertiary/aromatic N) is 2. The number of hydrogen-bond donors (Lipinski definition) is 2. The summed E-state index contributed by atoms with van der Waals surface area (Å²) in [7, 11) is 6.41. The van der Waals surface area contributed by atoms with E-state index >= 15 is 0 Å². The van der Waals surface area contributed by atoms with Gasteiger partial charge >= 0.3 is 0 Å². The minimum Gasteiger partial charge on any atom is -0.394 e. The SMILES string of the molecule is CN(C)Cc1cccc([C@@H]2N[C@@](CO)(c3ccccc3)[C@@H]3CN(C)C[C@@H]32)c1. The summed E-state index contributed by atoms with van der Waals surface area (Å²) in [5.74, 6) is 0.898. The summed E-state index contributed by atoms with van der Waals surface area (Å²) >= 11 is 0. The zero-order valence-electron chi connectivity index (χ0n) is 16.6. The van der Waals surface area contributed by atoms with Gasteiger partial charge in [0.05, 0.1) is 12.1 Å². The summed E-state index contributed by atoms with van der Waals surface area (Å²) in [5.41, 5.74) is 3.50. The molecule has 2 aliphatic rings. The molecule has 2 heterocycles. The Balaban J connectivity index is 1.73. The van der Waals surface area contributed by atoms with Crippen molar-refractivity contribution in [1.29, 1.82) is 0 Å². The van der Waals surface area contributed by atoms with Gasteiger partial charge in [-0.25, -0.2) is 0 Å². The van der Waals surface area contributed by atoms with Crippen LogP contribution in [0.3, 0.4) is 0 Å². The van der Waals surface area contributed by atoms with Crippen LogP contribution >= 0.6 is 0 Å². The van der Waals surface area contributed by atoms with Crippen LogP contribution < -0.4 is 5.32 Å². The van der Waals surface area contributed by atoms with Gasteiger partial charge in [-0.2, -0.15) is 0 Å². The van der Waals surface area contributed by atoms with Crippen LogP contribution in [-0.2, 0) is 12.1 Å². The first-order valence-electron chi connectivity index (χ1n) is 9.89. The lowest BCUT2D eigenvalue weighted by Crippen LogP contribution is -2.47. The largest absolute Gasteiger partial charge is 0.394 e. The number of nitrogens with one attached hydrogen (secondary N) is 1. The highest BCUT2D eigenvalue weighted by Gasteiger charge is 2.56. The van der Waals surface area contributed by atoms with Gasteiger partial charge in [-0.15, -0.1) is 0 Å². The van der Waals surface area contributed by atoms with Gasteiger partial charge in [0.15, 0.2) is 0 Å². The lowest BCUT2D eigenvalue weighted by atomic mass is 9.76.